The highest BCUT2D eigenvalue weighted by Crippen LogP contribution is 2.45. The van der Waals surface area contributed by atoms with Crippen LogP contribution in [0.25, 0.3) is 61.9 Å². The fourth-order valence-corrected chi connectivity index (χ4v) is 10.3. The van der Waals surface area contributed by atoms with Crippen molar-refractivity contribution >= 4 is 119 Å². The molecule has 254 valence electrons. The van der Waals surface area contributed by atoms with E-state index in [1.54, 1.807) is 0 Å². The van der Waals surface area contributed by atoms with Crippen molar-refractivity contribution < 1.29 is 0 Å². The summed E-state index contributed by atoms with van der Waals surface area (Å²) in [5.41, 5.74) is 6.87. The zero-order valence-electron chi connectivity index (χ0n) is 29.2. The quantitative estimate of drug-likeness (QED) is 0.168. The number of benzene rings is 9. The summed E-state index contributed by atoms with van der Waals surface area (Å²) in [6, 6.07) is 71.0. The largest absolute Gasteiger partial charge is 0.310 e. The zero-order chi connectivity index (χ0) is 35.6. The summed E-state index contributed by atoms with van der Waals surface area (Å²) in [5.74, 6) is 0. The van der Waals surface area contributed by atoms with Crippen LogP contribution < -0.4 is 9.80 Å². The molecule has 0 radical (unpaired) electrons. The van der Waals surface area contributed by atoms with Gasteiger partial charge in [-0.2, -0.15) is 0 Å². The molecule has 11 rings (SSSR count). The minimum Gasteiger partial charge on any atom is -0.310 e. The van der Waals surface area contributed by atoms with E-state index in [0.29, 0.717) is 0 Å². The van der Waals surface area contributed by atoms with Gasteiger partial charge in [0.1, 0.15) is 0 Å². The Labute approximate surface area is 321 Å². The van der Waals surface area contributed by atoms with Gasteiger partial charge in [0, 0.05) is 74.2 Å². The maximum Gasteiger partial charge on any atom is 0.0540 e. The summed E-state index contributed by atoms with van der Waals surface area (Å²) < 4.78 is 5.22. The van der Waals surface area contributed by atoms with Crippen LogP contribution in [-0.2, 0) is 0 Å². The molecular weight excluding hydrogens is 693 g/mol. The fraction of sp³-hybridized carbons (Fsp3) is 0. The predicted molar refractivity (Wildman–Crippen MR) is 237 cm³/mol. The molecule has 9 aromatic carbocycles. The van der Waals surface area contributed by atoms with Gasteiger partial charge in [0.25, 0.3) is 0 Å². The Kier molecular flexibility index (Phi) is 7.25. The standard InChI is InChI=1S/C50H32N2S2/c1-3-14-36(15-4-1)51(39-24-26-48-44(31-39)42-19-9-10-21-47(42)53-48)40-25-27-49-45(32-40)43-29-35-28-38(23-22-34(35)30-50(43)54-49)52(37-16-5-2-6-17-37)46-20-11-13-33-12-7-8-18-41(33)46/h1-32H. The smallest absolute Gasteiger partial charge is 0.0540 e. The maximum atomic E-state index is 2.40. The number of nitrogens with zero attached hydrogens (tertiary/aromatic N) is 2. The van der Waals surface area contributed by atoms with Crippen LogP contribution in [0.1, 0.15) is 0 Å². The Morgan fingerprint density at radius 2 is 0.796 bits per heavy atom. The first-order valence-electron chi connectivity index (χ1n) is 18.2. The van der Waals surface area contributed by atoms with Crippen LogP contribution in [0.3, 0.4) is 0 Å². The second-order valence-electron chi connectivity index (χ2n) is 13.8. The molecule has 0 unspecified atom stereocenters. The van der Waals surface area contributed by atoms with E-state index < -0.39 is 0 Å². The first-order chi connectivity index (χ1) is 26.7. The van der Waals surface area contributed by atoms with Crippen molar-refractivity contribution in [3.63, 3.8) is 0 Å². The summed E-state index contributed by atoms with van der Waals surface area (Å²) in [6.07, 6.45) is 0. The van der Waals surface area contributed by atoms with Crippen LogP contribution >= 0.6 is 22.7 Å². The van der Waals surface area contributed by atoms with E-state index in [1.807, 2.05) is 22.7 Å². The molecule has 2 heterocycles. The normalized spacial score (nSPS) is 11.7. The van der Waals surface area contributed by atoms with Crippen LogP contribution in [-0.4, -0.2) is 0 Å². The number of anilines is 6. The van der Waals surface area contributed by atoms with Gasteiger partial charge in [0.15, 0.2) is 0 Å². The molecule has 0 bridgehead atoms. The molecule has 54 heavy (non-hydrogen) atoms. The van der Waals surface area contributed by atoms with Gasteiger partial charge >= 0.3 is 0 Å². The fourth-order valence-electron chi connectivity index (χ4n) is 8.06. The second kappa shape index (κ2) is 12.6. The van der Waals surface area contributed by atoms with Crippen molar-refractivity contribution in [3.8, 4) is 0 Å². The Morgan fingerprint density at radius 3 is 1.56 bits per heavy atom. The SMILES string of the molecule is c1ccc(N(c2ccc3sc4ccccc4c3c2)c2ccc3sc4cc5ccc(N(c6ccccc6)c6cccc7ccccc67)cc5cc4c3c2)cc1. The minimum absolute atomic E-state index is 1.13. The van der Waals surface area contributed by atoms with E-state index in [4.69, 9.17) is 0 Å². The number of para-hydroxylation sites is 2. The third-order valence-corrected chi connectivity index (χ3v) is 12.9. The molecule has 11 aromatic rings. The van der Waals surface area contributed by atoms with E-state index in [1.165, 1.54) is 67.6 Å². The van der Waals surface area contributed by atoms with Crippen molar-refractivity contribution in [3.05, 3.63) is 194 Å². The summed E-state index contributed by atoms with van der Waals surface area (Å²) in [5, 5.41) is 10.1. The molecule has 0 spiro atoms. The lowest BCUT2D eigenvalue weighted by Crippen LogP contribution is -2.10. The maximum absolute atomic E-state index is 2.40. The van der Waals surface area contributed by atoms with Crippen molar-refractivity contribution in [1.29, 1.82) is 0 Å². The molecule has 0 aliphatic rings. The van der Waals surface area contributed by atoms with E-state index in [0.717, 1.165) is 28.4 Å². The van der Waals surface area contributed by atoms with Crippen molar-refractivity contribution in [2.24, 2.45) is 0 Å². The topological polar surface area (TPSA) is 6.48 Å². The minimum atomic E-state index is 1.13. The number of thiophene rings is 2. The van der Waals surface area contributed by atoms with Gasteiger partial charge < -0.3 is 9.80 Å². The third-order valence-electron chi connectivity index (χ3n) is 10.6. The Hall–Kier alpha value is -6.46. The lowest BCUT2D eigenvalue weighted by molar-refractivity contribution is 1.30. The summed E-state index contributed by atoms with van der Waals surface area (Å²) >= 11 is 3.73. The van der Waals surface area contributed by atoms with Gasteiger partial charge in [0.2, 0.25) is 0 Å². The summed E-state index contributed by atoms with van der Waals surface area (Å²) in [4.78, 5) is 4.79. The van der Waals surface area contributed by atoms with Crippen molar-refractivity contribution in [2.45, 2.75) is 0 Å². The number of rotatable bonds is 6. The molecule has 2 nitrogen and oxygen atoms in total. The summed E-state index contributed by atoms with van der Waals surface area (Å²) in [6.45, 7) is 0. The number of fused-ring (bicyclic) bond motifs is 8. The van der Waals surface area contributed by atoms with E-state index in [-0.39, 0.29) is 0 Å². The molecule has 0 saturated heterocycles. The molecule has 0 atom stereocenters. The lowest BCUT2D eigenvalue weighted by Gasteiger charge is -2.27. The van der Waals surface area contributed by atoms with Gasteiger partial charge in [-0.3, -0.25) is 0 Å². The molecule has 4 heteroatoms. The Morgan fingerprint density at radius 1 is 0.259 bits per heavy atom. The summed E-state index contributed by atoms with van der Waals surface area (Å²) in [7, 11) is 0. The first kappa shape index (κ1) is 31.1. The first-order valence-corrected chi connectivity index (χ1v) is 19.9. The highest BCUT2D eigenvalue weighted by molar-refractivity contribution is 7.26. The molecular formula is C50H32N2S2. The highest BCUT2D eigenvalue weighted by atomic mass is 32.1. The van der Waals surface area contributed by atoms with Gasteiger partial charge in [0.05, 0.1) is 5.69 Å². The monoisotopic (exact) mass is 724 g/mol. The van der Waals surface area contributed by atoms with Crippen LogP contribution in [0.2, 0.25) is 0 Å². The van der Waals surface area contributed by atoms with Crippen LogP contribution in [0, 0.1) is 0 Å². The molecule has 0 aliphatic heterocycles. The van der Waals surface area contributed by atoms with E-state index in [9.17, 15) is 0 Å². The Bertz CT molecular complexity index is 3170. The molecule has 0 amide bonds. The molecule has 0 fully saturated rings. The predicted octanol–water partition coefficient (Wildman–Crippen LogP) is 15.7. The number of hydrogen-bond donors (Lipinski definition) is 0. The molecule has 0 N–H and O–H groups in total. The van der Waals surface area contributed by atoms with Crippen molar-refractivity contribution in [2.75, 3.05) is 9.80 Å². The van der Waals surface area contributed by atoms with E-state index >= 15 is 0 Å². The lowest BCUT2D eigenvalue weighted by atomic mass is 10.0. The van der Waals surface area contributed by atoms with Crippen LogP contribution in [0.4, 0.5) is 34.1 Å². The van der Waals surface area contributed by atoms with Gasteiger partial charge in [-0.1, -0.05) is 97.1 Å². The van der Waals surface area contributed by atoms with Gasteiger partial charge in [-0.15, -0.1) is 22.7 Å². The van der Waals surface area contributed by atoms with Crippen LogP contribution in [0.15, 0.2) is 194 Å². The van der Waals surface area contributed by atoms with Gasteiger partial charge in [-0.05, 0) is 113 Å². The zero-order valence-corrected chi connectivity index (χ0v) is 30.8. The average molecular weight is 725 g/mol. The van der Waals surface area contributed by atoms with E-state index in [2.05, 4.69) is 204 Å². The molecule has 2 aromatic heterocycles. The van der Waals surface area contributed by atoms with Crippen LogP contribution in [0.5, 0.6) is 0 Å². The van der Waals surface area contributed by atoms with Crippen molar-refractivity contribution in [1.82, 2.24) is 0 Å². The molecule has 0 saturated carbocycles. The Balaban J connectivity index is 1.08. The molecule has 0 aliphatic carbocycles. The van der Waals surface area contributed by atoms with Gasteiger partial charge in [-0.25, -0.2) is 0 Å². The second-order valence-corrected chi connectivity index (χ2v) is 15.9. The highest BCUT2D eigenvalue weighted by Gasteiger charge is 2.19. The average Bonchev–Trinajstić information content (AvgIpc) is 3.78. The number of hydrogen-bond acceptors (Lipinski definition) is 4. The third kappa shape index (κ3) is 5.14.